The first kappa shape index (κ1) is 22.8. The van der Waals surface area contributed by atoms with E-state index in [9.17, 15) is 9.65 Å². The van der Waals surface area contributed by atoms with Crippen LogP contribution in [0.2, 0.25) is 0 Å². The van der Waals surface area contributed by atoms with Gasteiger partial charge in [0, 0.05) is 5.56 Å². The van der Waals surface area contributed by atoms with E-state index in [0.717, 1.165) is 27.9 Å². The van der Waals surface area contributed by atoms with Crippen molar-refractivity contribution in [2.75, 3.05) is 5.01 Å². The highest BCUT2D eigenvalue weighted by Crippen LogP contribution is 2.30. The van der Waals surface area contributed by atoms with Crippen LogP contribution in [-0.2, 0) is 13.2 Å². The first-order valence-corrected chi connectivity index (χ1v) is 11.4. The third-order valence-electron chi connectivity index (χ3n) is 5.76. The Morgan fingerprint density at radius 2 is 1.56 bits per heavy atom. The van der Waals surface area contributed by atoms with Crippen LogP contribution in [0.1, 0.15) is 16.7 Å². The lowest BCUT2D eigenvalue weighted by Gasteiger charge is -2.26. The SMILES string of the molecule is N#Cc1ccc(N(Cc2ccc(OCc3ccccc3)c(F)c2)n2cnnc2)cc1-c1ccccc1. The summed E-state index contributed by atoms with van der Waals surface area (Å²) in [5.74, 6) is -0.236. The summed E-state index contributed by atoms with van der Waals surface area (Å²) in [4.78, 5) is 0. The highest BCUT2D eigenvalue weighted by Gasteiger charge is 2.15. The Balaban J connectivity index is 1.43. The van der Waals surface area contributed by atoms with E-state index in [1.54, 1.807) is 29.5 Å². The number of nitrogens with zero attached hydrogens (tertiary/aromatic N) is 5. The second-order valence-electron chi connectivity index (χ2n) is 8.15. The molecule has 1 aromatic heterocycles. The van der Waals surface area contributed by atoms with E-state index in [1.807, 2.05) is 83.9 Å². The summed E-state index contributed by atoms with van der Waals surface area (Å²) >= 11 is 0. The molecule has 0 N–H and O–H groups in total. The van der Waals surface area contributed by atoms with Crippen LogP contribution in [0.3, 0.4) is 0 Å². The molecule has 0 aliphatic heterocycles. The quantitative estimate of drug-likeness (QED) is 0.275. The van der Waals surface area contributed by atoms with Gasteiger partial charge in [-0.1, -0.05) is 66.7 Å². The summed E-state index contributed by atoms with van der Waals surface area (Å²) in [7, 11) is 0. The maximum absolute atomic E-state index is 14.9. The molecule has 0 atom stereocenters. The van der Waals surface area contributed by atoms with Crippen LogP contribution in [-0.4, -0.2) is 14.9 Å². The third kappa shape index (κ3) is 5.08. The molecule has 0 spiro atoms. The molecule has 1 heterocycles. The number of halogens is 1. The van der Waals surface area contributed by atoms with Crippen LogP contribution < -0.4 is 9.75 Å². The number of nitriles is 1. The summed E-state index contributed by atoms with van der Waals surface area (Å²) in [6, 6.07) is 32.2. The van der Waals surface area contributed by atoms with Crippen LogP contribution in [0.25, 0.3) is 11.1 Å². The summed E-state index contributed by atoms with van der Waals surface area (Å²) in [5.41, 5.74) is 4.82. The van der Waals surface area contributed by atoms with Gasteiger partial charge in [-0.05, 0) is 47.0 Å². The number of hydrogen-bond acceptors (Lipinski definition) is 5. The van der Waals surface area contributed by atoms with Crippen molar-refractivity contribution in [1.82, 2.24) is 14.9 Å². The number of rotatable bonds is 8. The van der Waals surface area contributed by atoms with E-state index in [0.29, 0.717) is 12.1 Å². The summed E-state index contributed by atoms with van der Waals surface area (Å²) in [6.07, 6.45) is 3.15. The van der Waals surface area contributed by atoms with Gasteiger partial charge in [-0.2, -0.15) is 5.26 Å². The Hall–Kier alpha value is -4.96. The third-order valence-corrected chi connectivity index (χ3v) is 5.76. The van der Waals surface area contributed by atoms with Crippen molar-refractivity contribution in [3.8, 4) is 22.9 Å². The lowest BCUT2D eigenvalue weighted by atomic mass is 9.99. The van der Waals surface area contributed by atoms with Crippen LogP contribution in [0, 0.1) is 17.1 Å². The van der Waals surface area contributed by atoms with Crippen LogP contribution in [0.4, 0.5) is 10.1 Å². The van der Waals surface area contributed by atoms with Gasteiger partial charge < -0.3 is 4.74 Å². The van der Waals surface area contributed by atoms with Gasteiger partial charge in [0.15, 0.2) is 11.6 Å². The minimum absolute atomic E-state index is 0.197. The van der Waals surface area contributed by atoms with Crippen LogP contribution in [0.15, 0.2) is 110 Å². The van der Waals surface area contributed by atoms with Gasteiger partial charge in [0.1, 0.15) is 19.3 Å². The number of anilines is 1. The van der Waals surface area contributed by atoms with Gasteiger partial charge in [0.2, 0.25) is 0 Å². The fourth-order valence-corrected chi connectivity index (χ4v) is 3.94. The van der Waals surface area contributed by atoms with Crippen LogP contribution in [0.5, 0.6) is 5.75 Å². The Labute approximate surface area is 208 Å². The Kier molecular flexibility index (Phi) is 6.68. The van der Waals surface area contributed by atoms with E-state index in [2.05, 4.69) is 16.3 Å². The second-order valence-corrected chi connectivity index (χ2v) is 8.15. The molecule has 4 aromatic carbocycles. The van der Waals surface area contributed by atoms with Gasteiger partial charge in [0.25, 0.3) is 0 Å². The molecule has 176 valence electrons. The van der Waals surface area contributed by atoms with E-state index >= 15 is 0 Å². The average Bonchev–Trinajstić information content (AvgIpc) is 3.47. The molecule has 0 saturated heterocycles. The van der Waals surface area contributed by atoms with E-state index < -0.39 is 5.82 Å². The second kappa shape index (κ2) is 10.5. The maximum Gasteiger partial charge on any atom is 0.165 e. The number of aromatic nitrogens is 3. The Morgan fingerprint density at radius 1 is 0.833 bits per heavy atom. The Bertz CT molecular complexity index is 1480. The van der Waals surface area contributed by atoms with Crippen molar-refractivity contribution < 1.29 is 9.13 Å². The molecule has 36 heavy (non-hydrogen) atoms. The fraction of sp³-hybridized carbons (Fsp3) is 0.0690. The molecule has 0 fully saturated rings. The van der Waals surface area contributed by atoms with Crippen molar-refractivity contribution in [3.63, 3.8) is 0 Å². The van der Waals surface area contributed by atoms with Crippen molar-refractivity contribution in [2.45, 2.75) is 13.2 Å². The van der Waals surface area contributed by atoms with Crippen molar-refractivity contribution in [1.29, 1.82) is 5.26 Å². The minimum atomic E-state index is -0.433. The van der Waals surface area contributed by atoms with Gasteiger partial charge in [-0.3, -0.25) is 5.01 Å². The minimum Gasteiger partial charge on any atom is -0.486 e. The molecule has 0 aliphatic carbocycles. The molecular formula is C29H22FN5O. The standard InChI is InChI=1S/C29H22FN5O/c30-28-15-23(11-14-29(28)36-19-22-7-3-1-4-8-22)18-35(34-20-32-33-21-34)26-13-12-25(17-31)27(16-26)24-9-5-2-6-10-24/h1-16,20-21H,18-19H2. The van der Waals surface area contributed by atoms with E-state index in [-0.39, 0.29) is 12.4 Å². The predicted molar refractivity (Wildman–Crippen MR) is 135 cm³/mol. The van der Waals surface area contributed by atoms with E-state index in [4.69, 9.17) is 4.74 Å². The average molecular weight is 476 g/mol. The fourth-order valence-electron chi connectivity index (χ4n) is 3.94. The smallest absolute Gasteiger partial charge is 0.165 e. The van der Waals surface area contributed by atoms with Gasteiger partial charge in [0.05, 0.1) is 23.9 Å². The molecule has 5 rings (SSSR count). The molecule has 0 aliphatic rings. The van der Waals surface area contributed by atoms with Crippen molar-refractivity contribution in [2.24, 2.45) is 0 Å². The lowest BCUT2D eigenvalue weighted by molar-refractivity contribution is 0.290. The molecule has 0 amide bonds. The zero-order valence-electron chi connectivity index (χ0n) is 19.3. The molecule has 0 bridgehead atoms. The summed E-state index contributed by atoms with van der Waals surface area (Å²) < 4.78 is 22.3. The van der Waals surface area contributed by atoms with Gasteiger partial charge in [-0.25, -0.2) is 9.07 Å². The number of hydrogen-bond donors (Lipinski definition) is 0. The Morgan fingerprint density at radius 3 is 2.25 bits per heavy atom. The maximum atomic E-state index is 14.9. The monoisotopic (exact) mass is 475 g/mol. The molecular weight excluding hydrogens is 453 g/mol. The van der Waals surface area contributed by atoms with Gasteiger partial charge in [-0.15, -0.1) is 10.2 Å². The topological polar surface area (TPSA) is 67.0 Å². The number of benzene rings is 4. The first-order chi connectivity index (χ1) is 17.7. The molecule has 0 saturated carbocycles. The molecule has 0 radical (unpaired) electrons. The highest BCUT2D eigenvalue weighted by molar-refractivity contribution is 5.74. The van der Waals surface area contributed by atoms with Crippen molar-refractivity contribution in [3.05, 3.63) is 132 Å². The zero-order valence-corrected chi connectivity index (χ0v) is 19.3. The first-order valence-electron chi connectivity index (χ1n) is 11.4. The molecule has 0 unspecified atom stereocenters. The lowest BCUT2D eigenvalue weighted by Crippen LogP contribution is -2.28. The largest absolute Gasteiger partial charge is 0.486 e. The summed E-state index contributed by atoms with van der Waals surface area (Å²) in [5, 5.41) is 19.4. The molecule has 5 aromatic rings. The normalized spacial score (nSPS) is 10.6. The molecule has 7 heteroatoms. The summed E-state index contributed by atoms with van der Waals surface area (Å²) in [6.45, 7) is 0.630. The van der Waals surface area contributed by atoms with E-state index in [1.165, 1.54) is 6.07 Å². The predicted octanol–water partition coefficient (Wildman–Crippen LogP) is 6.00. The molecule has 6 nitrogen and oxygen atoms in total. The highest BCUT2D eigenvalue weighted by atomic mass is 19.1. The number of ether oxygens (including phenoxy) is 1. The van der Waals surface area contributed by atoms with Gasteiger partial charge >= 0.3 is 0 Å². The van der Waals surface area contributed by atoms with Crippen LogP contribution >= 0.6 is 0 Å². The van der Waals surface area contributed by atoms with Crippen molar-refractivity contribution >= 4 is 5.69 Å². The zero-order chi connectivity index (χ0) is 24.7.